The average molecular weight is 567 g/mol. The lowest BCUT2D eigenvalue weighted by Gasteiger charge is -2.19. The molecule has 15 heteroatoms. The van der Waals surface area contributed by atoms with Crippen molar-refractivity contribution < 1.29 is 40.8 Å². The third kappa shape index (κ3) is 6.13. The molecule has 2 heterocycles. The molecule has 0 fully saturated rings. The highest BCUT2D eigenvalue weighted by molar-refractivity contribution is 6.03. The van der Waals surface area contributed by atoms with Gasteiger partial charge in [0.15, 0.2) is 11.3 Å². The predicted octanol–water partition coefficient (Wildman–Crippen LogP) is 7.02. The van der Waals surface area contributed by atoms with Crippen LogP contribution in [0, 0.1) is 10.1 Å². The van der Waals surface area contributed by atoms with Gasteiger partial charge in [0, 0.05) is 23.6 Å². The number of amides is 1. The number of nitrogens with one attached hydrogen (secondary N) is 1. The van der Waals surface area contributed by atoms with Gasteiger partial charge >= 0.3 is 12.4 Å². The number of hydrogen-bond donors (Lipinski definition) is 1. The van der Waals surface area contributed by atoms with Gasteiger partial charge in [-0.05, 0) is 24.3 Å². The van der Waals surface area contributed by atoms with Crippen LogP contribution in [-0.2, 0) is 17.8 Å². The molecule has 1 amide bonds. The fourth-order valence-corrected chi connectivity index (χ4v) is 3.56. The Labute approximate surface area is 221 Å². The van der Waals surface area contributed by atoms with Crippen LogP contribution in [0.1, 0.15) is 48.2 Å². The fraction of sp³-hybridized carbons (Fsp3) is 0.240. The van der Waals surface area contributed by atoms with E-state index < -0.39 is 51.2 Å². The van der Waals surface area contributed by atoms with Crippen molar-refractivity contribution in [2.24, 2.45) is 0 Å². The number of carbonyl (C=O) groups is 1. The molecule has 0 atom stereocenters. The van der Waals surface area contributed by atoms with Crippen molar-refractivity contribution in [3.8, 4) is 11.5 Å². The number of nitrogens with zero attached hydrogens (tertiary/aromatic N) is 4. The fourth-order valence-electron chi connectivity index (χ4n) is 3.56. The summed E-state index contributed by atoms with van der Waals surface area (Å²) in [6.07, 6.45) is -9.49. The number of fused-ring (bicyclic) bond motifs is 1. The summed E-state index contributed by atoms with van der Waals surface area (Å²) < 4.78 is 86.2. The number of ether oxygens (including phenoxy) is 1. The molecule has 2 aromatic heterocycles. The van der Waals surface area contributed by atoms with Crippen molar-refractivity contribution in [1.82, 2.24) is 14.6 Å². The van der Waals surface area contributed by atoms with Crippen molar-refractivity contribution >= 4 is 22.9 Å². The summed E-state index contributed by atoms with van der Waals surface area (Å²) in [6, 6.07) is 8.58. The highest BCUT2D eigenvalue weighted by Crippen LogP contribution is 2.35. The first kappa shape index (κ1) is 28.3. The quantitative estimate of drug-likeness (QED) is 0.158. The molecule has 0 radical (unpaired) electrons. The summed E-state index contributed by atoms with van der Waals surface area (Å²) in [7, 11) is 0. The number of nitro groups is 1. The van der Waals surface area contributed by atoms with Crippen molar-refractivity contribution in [1.29, 1.82) is 0 Å². The van der Waals surface area contributed by atoms with Gasteiger partial charge in [-0.15, -0.1) is 0 Å². The van der Waals surface area contributed by atoms with Gasteiger partial charge in [-0.25, -0.2) is 9.50 Å². The van der Waals surface area contributed by atoms with Crippen molar-refractivity contribution in [2.45, 2.75) is 38.5 Å². The van der Waals surface area contributed by atoms with Gasteiger partial charge in [0.25, 0.3) is 11.6 Å². The molecule has 0 spiro atoms. The van der Waals surface area contributed by atoms with Gasteiger partial charge in [-0.2, -0.15) is 31.4 Å². The molecule has 4 aromatic rings. The Hall–Kier alpha value is -4.69. The summed E-state index contributed by atoms with van der Waals surface area (Å²) in [4.78, 5) is 27.7. The van der Waals surface area contributed by atoms with E-state index in [1.54, 1.807) is 20.8 Å². The lowest BCUT2D eigenvalue weighted by molar-refractivity contribution is -0.384. The van der Waals surface area contributed by atoms with E-state index in [0.29, 0.717) is 10.6 Å². The lowest BCUT2D eigenvalue weighted by atomic mass is 9.91. The molecule has 0 saturated carbocycles. The van der Waals surface area contributed by atoms with E-state index in [1.165, 1.54) is 6.07 Å². The van der Waals surface area contributed by atoms with Crippen LogP contribution in [0.3, 0.4) is 0 Å². The SMILES string of the molecule is CC(C)(C)c1cc(C(F)(F)F)n2nc(C(=O)Nc3cc(Oc4cccc(C(F)(F)F)c4)cc([N+](=O)[O-])c3)cc2n1. The zero-order valence-electron chi connectivity index (χ0n) is 20.9. The molecule has 0 bridgehead atoms. The number of benzene rings is 2. The number of nitro benzene ring substituents is 1. The lowest BCUT2D eigenvalue weighted by Crippen LogP contribution is -2.20. The molecule has 210 valence electrons. The molecule has 0 saturated heterocycles. The summed E-state index contributed by atoms with van der Waals surface area (Å²) in [5.74, 6) is -1.59. The second-order valence-corrected chi connectivity index (χ2v) is 9.63. The van der Waals surface area contributed by atoms with Crippen LogP contribution in [0.5, 0.6) is 11.5 Å². The first-order valence-corrected chi connectivity index (χ1v) is 11.4. The number of anilines is 1. The molecule has 0 aliphatic rings. The van der Waals surface area contributed by atoms with Gasteiger partial charge < -0.3 is 10.1 Å². The van der Waals surface area contributed by atoms with Gasteiger partial charge in [0.1, 0.15) is 17.2 Å². The molecule has 0 unspecified atom stereocenters. The van der Waals surface area contributed by atoms with E-state index in [2.05, 4.69) is 15.4 Å². The number of rotatable bonds is 5. The van der Waals surface area contributed by atoms with Crippen molar-refractivity contribution in [3.63, 3.8) is 0 Å². The van der Waals surface area contributed by atoms with E-state index in [-0.39, 0.29) is 28.5 Å². The number of carbonyl (C=O) groups excluding carboxylic acids is 1. The summed E-state index contributed by atoms with van der Waals surface area (Å²) >= 11 is 0. The largest absolute Gasteiger partial charge is 0.457 e. The van der Waals surface area contributed by atoms with Crippen molar-refractivity contribution in [3.05, 3.63) is 87.4 Å². The first-order chi connectivity index (χ1) is 18.4. The van der Waals surface area contributed by atoms with E-state index in [4.69, 9.17) is 4.74 Å². The number of aromatic nitrogens is 3. The van der Waals surface area contributed by atoms with Crippen LogP contribution < -0.4 is 10.1 Å². The van der Waals surface area contributed by atoms with Crippen LogP contribution >= 0.6 is 0 Å². The number of halogens is 6. The predicted molar refractivity (Wildman–Crippen MR) is 129 cm³/mol. The summed E-state index contributed by atoms with van der Waals surface area (Å²) in [6.45, 7) is 4.99. The minimum absolute atomic E-state index is 0.106. The van der Waals surface area contributed by atoms with Gasteiger partial charge in [-0.1, -0.05) is 26.8 Å². The highest BCUT2D eigenvalue weighted by Gasteiger charge is 2.37. The van der Waals surface area contributed by atoms with Crippen molar-refractivity contribution in [2.75, 3.05) is 5.32 Å². The first-order valence-electron chi connectivity index (χ1n) is 11.4. The van der Waals surface area contributed by atoms with E-state index in [9.17, 15) is 41.3 Å². The summed E-state index contributed by atoms with van der Waals surface area (Å²) in [5, 5.41) is 17.4. The molecular formula is C25H19F6N5O4. The molecule has 0 aliphatic heterocycles. The zero-order chi connectivity index (χ0) is 29.6. The maximum atomic E-state index is 13.7. The Bertz CT molecular complexity index is 1620. The van der Waals surface area contributed by atoms with E-state index in [0.717, 1.165) is 42.5 Å². The highest BCUT2D eigenvalue weighted by atomic mass is 19.4. The van der Waals surface area contributed by atoms with Crippen LogP contribution in [0.2, 0.25) is 0 Å². The molecule has 2 aromatic carbocycles. The maximum absolute atomic E-state index is 13.7. The summed E-state index contributed by atoms with van der Waals surface area (Å²) in [5.41, 5.74) is -4.36. The van der Waals surface area contributed by atoms with Crippen LogP contribution in [0.15, 0.2) is 54.6 Å². The Kier molecular flexibility index (Phi) is 6.94. The molecule has 0 aliphatic carbocycles. The average Bonchev–Trinajstić information content (AvgIpc) is 3.26. The number of hydrogen-bond acceptors (Lipinski definition) is 6. The third-order valence-electron chi connectivity index (χ3n) is 5.48. The van der Waals surface area contributed by atoms with Crippen LogP contribution in [-0.4, -0.2) is 25.4 Å². The smallest absolute Gasteiger partial charge is 0.433 e. The zero-order valence-corrected chi connectivity index (χ0v) is 20.9. The maximum Gasteiger partial charge on any atom is 0.433 e. The van der Waals surface area contributed by atoms with Gasteiger partial charge in [-0.3, -0.25) is 14.9 Å². The minimum Gasteiger partial charge on any atom is -0.457 e. The van der Waals surface area contributed by atoms with Crippen LogP contribution in [0.4, 0.5) is 37.7 Å². The van der Waals surface area contributed by atoms with Gasteiger partial charge in [0.2, 0.25) is 0 Å². The van der Waals surface area contributed by atoms with Gasteiger partial charge in [0.05, 0.1) is 27.9 Å². The standard InChI is InChI=1S/C25H19F6N5O4/c1-23(2,3)19-12-20(25(29,30)31)35-21(33-19)11-18(34-35)22(37)32-14-8-15(36(38)39)10-17(9-14)40-16-6-4-5-13(7-16)24(26,27)28/h4-12H,1-3H3,(H,32,37). The monoisotopic (exact) mass is 567 g/mol. The Morgan fingerprint density at radius 1 is 0.950 bits per heavy atom. The topological polar surface area (TPSA) is 112 Å². The molecule has 1 N–H and O–H groups in total. The third-order valence-corrected chi connectivity index (χ3v) is 5.48. The second kappa shape index (κ2) is 9.81. The second-order valence-electron chi connectivity index (χ2n) is 9.63. The normalized spacial score (nSPS) is 12.4. The minimum atomic E-state index is -4.82. The van der Waals surface area contributed by atoms with Crippen LogP contribution in [0.25, 0.3) is 5.65 Å². The molecule has 9 nitrogen and oxygen atoms in total. The molecule has 40 heavy (non-hydrogen) atoms. The van der Waals surface area contributed by atoms with E-state index >= 15 is 0 Å². The Balaban J connectivity index is 1.69. The van der Waals surface area contributed by atoms with E-state index in [1.807, 2.05) is 0 Å². The molecule has 4 rings (SSSR count). The number of alkyl halides is 6. The Morgan fingerprint density at radius 3 is 2.25 bits per heavy atom. The molecular weight excluding hydrogens is 548 g/mol. The number of non-ortho nitro benzene ring substituents is 1. The Morgan fingerprint density at radius 2 is 1.65 bits per heavy atom.